The zero-order valence-corrected chi connectivity index (χ0v) is 32.6. The Kier molecular flexibility index (Phi) is 17.1. The van der Waals surface area contributed by atoms with Gasteiger partial charge in [-0.25, -0.2) is 24.7 Å². The van der Waals surface area contributed by atoms with Crippen molar-refractivity contribution in [3.63, 3.8) is 0 Å². The van der Waals surface area contributed by atoms with Crippen LogP contribution in [0.5, 0.6) is 0 Å². The Bertz CT molecular complexity index is 1590. The molecule has 3 amide bonds. The lowest BCUT2D eigenvalue weighted by Gasteiger charge is -2.22. The molecule has 3 aliphatic heterocycles. The van der Waals surface area contributed by atoms with Crippen LogP contribution in [-0.2, 0) is 14.3 Å². The van der Waals surface area contributed by atoms with E-state index in [1.165, 1.54) is 12.7 Å². The molecule has 0 radical (unpaired) electrons. The van der Waals surface area contributed by atoms with Crippen molar-refractivity contribution < 1.29 is 34.4 Å². The Morgan fingerprint density at radius 1 is 1.02 bits per heavy atom. The average Bonchev–Trinajstić information content (AvgIpc) is 3.92. The lowest BCUT2D eigenvalue weighted by atomic mass is 10.0. The van der Waals surface area contributed by atoms with Gasteiger partial charge in [-0.05, 0) is 84.0 Å². The first-order valence-electron chi connectivity index (χ1n) is 19.8. The van der Waals surface area contributed by atoms with E-state index in [0.29, 0.717) is 54.7 Å². The molecular formula is C37H58N10O7S. The SMILES string of the molecule is CN(CCCC(=O)O)C[C@H]1O[C@@H](n2cnc3c(N=CCCCCCC=NCCCCCNC(=O)CCCC[C@H]4SC[C@H]5NC(=O)N[C@H]54)ncnc32)[C@H](O)[C@@H]1O. The van der Waals surface area contributed by atoms with Gasteiger partial charge in [-0.2, -0.15) is 11.8 Å². The molecule has 3 saturated heterocycles. The summed E-state index contributed by atoms with van der Waals surface area (Å²) in [5, 5.41) is 39.8. The van der Waals surface area contributed by atoms with E-state index in [1.54, 1.807) is 4.57 Å². The minimum Gasteiger partial charge on any atom is -0.481 e. The number of unbranched alkanes of at least 4 members (excludes halogenated alkanes) is 7. The topological polar surface area (TPSA) is 229 Å². The fourth-order valence-electron chi connectivity index (χ4n) is 7.21. The summed E-state index contributed by atoms with van der Waals surface area (Å²) >= 11 is 1.91. The Morgan fingerprint density at radius 2 is 1.84 bits per heavy atom. The number of carbonyl (C=O) groups excluding carboxylic acids is 2. The highest BCUT2D eigenvalue weighted by molar-refractivity contribution is 8.00. The molecule has 5 heterocycles. The van der Waals surface area contributed by atoms with Crippen molar-refractivity contribution in [2.24, 2.45) is 9.98 Å². The van der Waals surface area contributed by atoms with Crippen LogP contribution in [0.4, 0.5) is 10.6 Å². The van der Waals surface area contributed by atoms with Crippen LogP contribution in [0, 0.1) is 0 Å². The predicted molar refractivity (Wildman–Crippen MR) is 211 cm³/mol. The van der Waals surface area contributed by atoms with Gasteiger partial charge in [-0.1, -0.05) is 12.8 Å². The van der Waals surface area contributed by atoms with Crippen LogP contribution < -0.4 is 16.0 Å². The van der Waals surface area contributed by atoms with Gasteiger partial charge >= 0.3 is 12.0 Å². The fourth-order valence-corrected chi connectivity index (χ4v) is 8.75. The Morgan fingerprint density at radius 3 is 2.67 bits per heavy atom. The molecule has 17 nitrogen and oxygen atoms in total. The third-order valence-corrected chi connectivity index (χ3v) is 11.8. The number of aromatic nitrogens is 4. The second kappa shape index (κ2) is 22.1. The number of imidazole rings is 1. The van der Waals surface area contributed by atoms with Gasteiger partial charge in [0.2, 0.25) is 5.91 Å². The summed E-state index contributed by atoms with van der Waals surface area (Å²) < 4.78 is 7.62. The second-order valence-electron chi connectivity index (χ2n) is 14.6. The van der Waals surface area contributed by atoms with Crippen molar-refractivity contribution in [1.82, 2.24) is 40.4 Å². The van der Waals surface area contributed by atoms with Crippen LogP contribution in [0.2, 0.25) is 0 Å². The number of fused-ring (bicyclic) bond motifs is 2. The lowest BCUT2D eigenvalue weighted by Crippen LogP contribution is -2.38. The van der Waals surface area contributed by atoms with Gasteiger partial charge in [0.15, 0.2) is 23.2 Å². The molecule has 5 rings (SSSR count). The Labute approximate surface area is 326 Å². The number of carbonyl (C=O) groups is 3. The molecule has 2 aromatic rings. The minimum absolute atomic E-state index is 0.0540. The van der Waals surface area contributed by atoms with Crippen LogP contribution >= 0.6 is 11.8 Å². The number of aliphatic imine (C=N–C) groups is 2. The van der Waals surface area contributed by atoms with Crippen LogP contribution in [0.1, 0.15) is 96.1 Å². The molecule has 7 atom stereocenters. The number of hydrogen-bond acceptors (Lipinski definition) is 13. The number of thioether (sulfide) groups is 1. The molecule has 304 valence electrons. The molecule has 0 aromatic carbocycles. The molecule has 55 heavy (non-hydrogen) atoms. The van der Waals surface area contributed by atoms with Crippen molar-refractivity contribution in [3.05, 3.63) is 12.7 Å². The number of ether oxygens (including phenoxy) is 1. The van der Waals surface area contributed by atoms with E-state index in [0.717, 1.165) is 82.9 Å². The van der Waals surface area contributed by atoms with Gasteiger partial charge in [0.25, 0.3) is 0 Å². The third-order valence-electron chi connectivity index (χ3n) is 10.2. The number of amides is 3. The van der Waals surface area contributed by atoms with E-state index >= 15 is 0 Å². The zero-order chi connectivity index (χ0) is 39.0. The molecule has 0 aliphatic carbocycles. The molecule has 3 aliphatic rings. The molecule has 2 aromatic heterocycles. The molecule has 3 fully saturated rings. The van der Waals surface area contributed by atoms with Gasteiger partial charge in [0, 0.05) is 49.7 Å². The highest BCUT2D eigenvalue weighted by Gasteiger charge is 2.45. The van der Waals surface area contributed by atoms with Gasteiger partial charge < -0.3 is 40.9 Å². The lowest BCUT2D eigenvalue weighted by molar-refractivity contribution is -0.137. The monoisotopic (exact) mass is 786 g/mol. The summed E-state index contributed by atoms with van der Waals surface area (Å²) in [4.78, 5) is 58.5. The molecule has 0 unspecified atom stereocenters. The van der Waals surface area contributed by atoms with Crippen molar-refractivity contribution in [2.75, 3.05) is 39.0 Å². The van der Waals surface area contributed by atoms with E-state index in [1.807, 2.05) is 36.1 Å². The summed E-state index contributed by atoms with van der Waals surface area (Å²) in [7, 11) is 1.82. The quantitative estimate of drug-likeness (QED) is 0.0485. The first-order valence-corrected chi connectivity index (χ1v) is 20.8. The molecule has 0 spiro atoms. The number of nitrogens with one attached hydrogen (secondary N) is 3. The van der Waals surface area contributed by atoms with Gasteiger partial charge in [0.1, 0.15) is 24.6 Å². The number of aliphatic carboxylic acids is 1. The largest absolute Gasteiger partial charge is 0.481 e. The molecule has 6 N–H and O–H groups in total. The molecular weight excluding hydrogens is 729 g/mol. The highest BCUT2D eigenvalue weighted by Crippen LogP contribution is 2.34. The van der Waals surface area contributed by atoms with Crippen LogP contribution in [0.3, 0.4) is 0 Å². The number of hydrogen-bond donors (Lipinski definition) is 6. The maximum Gasteiger partial charge on any atom is 0.315 e. The maximum atomic E-state index is 12.2. The molecule has 0 saturated carbocycles. The molecule has 18 heteroatoms. The standard InChI is InChI=1S/C37H58N10O7S/c1-46(20-12-15-29(49)50)21-26-32(51)33(52)36(54-26)47-24-43-31-34(41-23-42-35(31)47)40-19-10-4-2-3-8-16-38-17-9-5-11-18-39-28(48)14-7-6-13-27-30-25(22-55-27)44-37(53)45-30/h16,19,23-27,30,32-33,36,51-52H,2-15,17-18,20-22H2,1H3,(H,39,48)(H,49,50)(H2,44,45,53)/t25-,26-,27-,30-,32-,33-,36-/m1/s1. The number of urea groups is 1. The first-order chi connectivity index (χ1) is 26.7. The first kappa shape index (κ1) is 42.4. The summed E-state index contributed by atoms with van der Waals surface area (Å²) in [5.41, 5.74) is 0.911. The summed E-state index contributed by atoms with van der Waals surface area (Å²) in [5.74, 6) is 0.656. The van der Waals surface area contributed by atoms with Crippen molar-refractivity contribution in [1.29, 1.82) is 0 Å². The van der Waals surface area contributed by atoms with E-state index in [4.69, 9.17) is 9.84 Å². The van der Waals surface area contributed by atoms with Crippen molar-refractivity contribution in [3.8, 4) is 0 Å². The van der Waals surface area contributed by atoms with E-state index < -0.39 is 30.5 Å². The summed E-state index contributed by atoms with van der Waals surface area (Å²) in [6, 6.07) is 0.428. The number of aliphatic hydroxyl groups is 2. The number of carboxylic acid groups (broad SMARTS) is 1. The van der Waals surface area contributed by atoms with Gasteiger partial charge in [0.05, 0.1) is 18.4 Å². The van der Waals surface area contributed by atoms with E-state index in [2.05, 4.69) is 40.9 Å². The predicted octanol–water partition coefficient (Wildman–Crippen LogP) is 2.98. The number of nitrogens with zero attached hydrogens (tertiary/aromatic N) is 7. The number of aliphatic hydroxyl groups excluding tert-OH is 2. The number of rotatable bonds is 25. The maximum absolute atomic E-state index is 12.2. The van der Waals surface area contributed by atoms with E-state index in [-0.39, 0.29) is 30.4 Å². The van der Waals surface area contributed by atoms with E-state index in [9.17, 15) is 24.6 Å². The van der Waals surface area contributed by atoms with Crippen molar-refractivity contribution in [2.45, 2.75) is 132 Å². The van der Waals surface area contributed by atoms with Crippen LogP contribution in [-0.4, -0.2) is 145 Å². The van der Waals surface area contributed by atoms with Crippen molar-refractivity contribution >= 4 is 59.1 Å². The zero-order valence-electron chi connectivity index (χ0n) is 31.8. The van der Waals surface area contributed by atoms with Crippen LogP contribution in [0.15, 0.2) is 22.6 Å². The van der Waals surface area contributed by atoms with Gasteiger partial charge in [-0.3, -0.25) is 19.1 Å². The Hall–Kier alpha value is -3.71. The minimum atomic E-state index is -1.20. The number of likely N-dealkylation sites (N-methyl/N-ethyl adjacent to an activating group) is 1. The normalized spacial score (nSPS) is 25.0. The number of carboxylic acids is 1. The fraction of sp³-hybridized carbons (Fsp3) is 0.730. The molecule has 0 bridgehead atoms. The Balaban J connectivity index is 0.875. The summed E-state index contributed by atoms with van der Waals surface area (Å²) in [6.07, 6.45) is 14.7. The second-order valence-corrected chi connectivity index (χ2v) is 15.9. The van der Waals surface area contributed by atoms with Crippen LogP contribution in [0.25, 0.3) is 11.2 Å². The highest BCUT2D eigenvalue weighted by atomic mass is 32.2. The third kappa shape index (κ3) is 12.9. The summed E-state index contributed by atoms with van der Waals surface area (Å²) in [6.45, 7) is 2.37. The van der Waals surface area contributed by atoms with Gasteiger partial charge in [-0.15, -0.1) is 0 Å². The smallest absolute Gasteiger partial charge is 0.315 e. The average molecular weight is 787 g/mol.